The van der Waals surface area contributed by atoms with E-state index in [-0.39, 0.29) is 16.3 Å². The highest BCUT2D eigenvalue weighted by Crippen LogP contribution is 2.27. The van der Waals surface area contributed by atoms with E-state index in [0.717, 1.165) is 6.07 Å². The van der Waals surface area contributed by atoms with Crippen LogP contribution in [0.4, 0.5) is 14.5 Å². The lowest BCUT2D eigenvalue weighted by molar-refractivity contribution is 0.102. The molecule has 0 fully saturated rings. The minimum atomic E-state index is -0.498. The topological polar surface area (TPSA) is 44.9 Å². The molecular formula is C16H11ClF2N2O. The number of anilines is 1. The Morgan fingerprint density at radius 3 is 2.77 bits per heavy atom. The molecule has 0 aliphatic heterocycles. The van der Waals surface area contributed by atoms with Crippen molar-refractivity contribution in [1.29, 1.82) is 0 Å². The number of hydrogen-bond donors (Lipinski definition) is 2. The van der Waals surface area contributed by atoms with E-state index >= 15 is 0 Å². The molecule has 0 spiro atoms. The number of rotatable bonds is 2. The fraction of sp³-hybridized carbons (Fsp3) is 0.0625. The second-order valence-corrected chi connectivity index (χ2v) is 5.33. The van der Waals surface area contributed by atoms with E-state index in [1.165, 1.54) is 24.4 Å². The van der Waals surface area contributed by atoms with Crippen LogP contribution in [0, 0.1) is 18.6 Å². The van der Waals surface area contributed by atoms with Crippen LogP contribution >= 0.6 is 11.6 Å². The second kappa shape index (κ2) is 5.42. The van der Waals surface area contributed by atoms with E-state index in [0.29, 0.717) is 16.5 Å². The Balaban J connectivity index is 1.97. The minimum absolute atomic E-state index is 0.167. The monoisotopic (exact) mass is 320 g/mol. The molecule has 3 nitrogen and oxygen atoms in total. The Bertz CT molecular complexity index is 889. The van der Waals surface area contributed by atoms with Crippen LogP contribution in [0.3, 0.4) is 0 Å². The number of hydrogen-bond acceptors (Lipinski definition) is 1. The van der Waals surface area contributed by atoms with E-state index in [2.05, 4.69) is 10.3 Å². The van der Waals surface area contributed by atoms with E-state index in [1.54, 1.807) is 13.0 Å². The smallest absolute Gasteiger partial charge is 0.257 e. The number of carbonyl (C=O) groups excluding carboxylic acids is 1. The summed E-state index contributed by atoms with van der Waals surface area (Å²) in [5.74, 6) is -1.41. The second-order valence-electron chi connectivity index (χ2n) is 4.93. The van der Waals surface area contributed by atoms with Crippen molar-refractivity contribution in [3.63, 3.8) is 0 Å². The molecule has 2 N–H and O–H groups in total. The van der Waals surface area contributed by atoms with Gasteiger partial charge in [-0.3, -0.25) is 4.79 Å². The highest BCUT2D eigenvalue weighted by molar-refractivity contribution is 6.34. The zero-order valence-corrected chi connectivity index (χ0v) is 12.3. The van der Waals surface area contributed by atoms with Gasteiger partial charge in [-0.2, -0.15) is 0 Å². The predicted molar refractivity (Wildman–Crippen MR) is 82.4 cm³/mol. The zero-order chi connectivity index (χ0) is 15.9. The third-order valence-electron chi connectivity index (χ3n) is 3.38. The average Bonchev–Trinajstić information content (AvgIpc) is 2.87. The molecule has 3 aromatic rings. The third kappa shape index (κ3) is 2.55. The Hall–Kier alpha value is -2.40. The van der Waals surface area contributed by atoms with Gasteiger partial charge in [-0.25, -0.2) is 8.78 Å². The summed E-state index contributed by atoms with van der Waals surface area (Å²) in [4.78, 5) is 15.2. The van der Waals surface area contributed by atoms with Crippen molar-refractivity contribution >= 4 is 34.1 Å². The van der Waals surface area contributed by atoms with E-state index in [9.17, 15) is 13.6 Å². The van der Waals surface area contributed by atoms with Crippen molar-refractivity contribution in [1.82, 2.24) is 4.98 Å². The molecule has 0 aliphatic carbocycles. The van der Waals surface area contributed by atoms with Gasteiger partial charge in [0.15, 0.2) is 0 Å². The Morgan fingerprint density at radius 2 is 2.00 bits per heavy atom. The minimum Gasteiger partial charge on any atom is -0.360 e. The molecule has 0 aliphatic rings. The van der Waals surface area contributed by atoms with E-state index < -0.39 is 17.5 Å². The van der Waals surface area contributed by atoms with Crippen LogP contribution in [-0.4, -0.2) is 10.9 Å². The average molecular weight is 321 g/mol. The van der Waals surface area contributed by atoms with Crippen molar-refractivity contribution in [3.8, 4) is 0 Å². The maximum Gasteiger partial charge on any atom is 0.257 e. The Labute approximate surface area is 129 Å². The molecule has 0 bridgehead atoms. The van der Waals surface area contributed by atoms with E-state index in [4.69, 9.17) is 11.6 Å². The number of aromatic nitrogens is 1. The van der Waals surface area contributed by atoms with Gasteiger partial charge >= 0.3 is 0 Å². The molecule has 0 unspecified atom stereocenters. The number of halogens is 3. The summed E-state index contributed by atoms with van der Waals surface area (Å²) in [5, 5.41) is 3.22. The SMILES string of the molecule is Cc1cc(Cl)c(NC(=O)c2c[nH]c3ccc(F)cc23)cc1F. The largest absolute Gasteiger partial charge is 0.360 e. The van der Waals surface area contributed by atoms with Gasteiger partial charge in [0.05, 0.1) is 16.3 Å². The maximum absolute atomic E-state index is 13.6. The summed E-state index contributed by atoms with van der Waals surface area (Å²) >= 11 is 6.00. The zero-order valence-electron chi connectivity index (χ0n) is 11.5. The maximum atomic E-state index is 13.6. The van der Waals surface area contributed by atoms with Crippen molar-refractivity contribution in [3.05, 3.63) is 64.3 Å². The van der Waals surface area contributed by atoms with Crippen molar-refractivity contribution in [2.24, 2.45) is 0 Å². The number of nitrogens with one attached hydrogen (secondary N) is 2. The van der Waals surface area contributed by atoms with Gasteiger partial charge in [0.25, 0.3) is 5.91 Å². The first-order chi connectivity index (χ1) is 10.5. The molecule has 6 heteroatoms. The first-order valence-corrected chi connectivity index (χ1v) is 6.87. The fourth-order valence-electron chi connectivity index (χ4n) is 2.21. The van der Waals surface area contributed by atoms with Crippen molar-refractivity contribution in [2.75, 3.05) is 5.32 Å². The molecule has 0 radical (unpaired) electrons. The molecule has 22 heavy (non-hydrogen) atoms. The van der Waals surface area contributed by atoms with E-state index in [1.807, 2.05) is 0 Å². The molecule has 2 aromatic carbocycles. The molecular weight excluding hydrogens is 310 g/mol. The lowest BCUT2D eigenvalue weighted by Gasteiger charge is -2.08. The number of carbonyl (C=O) groups is 1. The summed E-state index contributed by atoms with van der Waals surface area (Å²) in [6.07, 6.45) is 1.47. The highest BCUT2D eigenvalue weighted by atomic mass is 35.5. The number of aromatic amines is 1. The number of fused-ring (bicyclic) bond motifs is 1. The highest BCUT2D eigenvalue weighted by Gasteiger charge is 2.15. The van der Waals surface area contributed by atoms with Gasteiger partial charge in [-0.15, -0.1) is 0 Å². The molecule has 1 amide bonds. The van der Waals surface area contributed by atoms with Crippen LogP contribution < -0.4 is 5.32 Å². The normalized spacial score (nSPS) is 10.9. The standard InChI is InChI=1S/C16H11ClF2N2O/c1-8-4-12(17)15(6-13(8)19)21-16(22)11-7-20-14-3-2-9(18)5-10(11)14/h2-7,20H,1H3,(H,21,22). The molecule has 0 saturated heterocycles. The summed E-state index contributed by atoms with van der Waals surface area (Å²) in [6, 6.07) is 6.69. The van der Waals surface area contributed by atoms with Crippen LogP contribution in [0.15, 0.2) is 36.5 Å². The van der Waals surface area contributed by atoms with Gasteiger partial charge in [0.2, 0.25) is 0 Å². The van der Waals surface area contributed by atoms with Crippen LogP contribution in [0.2, 0.25) is 5.02 Å². The molecule has 1 aromatic heterocycles. The van der Waals surface area contributed by atoms with Crippen LogP contribution in [0.25, 0.3) is 10.9 Å². The number of aryl methyl sites for hydroxylation is 1. The summed E-state index contributed by atoms with van der Waals surface area (Å²) in [7, 11) is 0. The van der Waals surface area contributed by atoms with Gasteiger partial charge in [-0.1, -0.05) is 11.6 Å². The first-order valence-electron chi connectivity index (χ1n) is 6.49. The third-order valence-corrected chi connectivity index (χ3v) is 3.70. The lowest BCUT2D eigenvalue weighted by Crippen LogP contribution is -2.12. The van der Waals surface area contributed by atoms with Crippen LogP contribution in [-0.2, 0) is 0 Å². The Morgan fingerprint density at radius 1 is 1.23 bits per heavy atom. The summed E-state index contributed by atoms with van der Waals surface area (Å²) in [5.41, 5.74) is 1.44. The van der Waals surface area contributed by atoms with Crippen LogP contribution in [0.1, 0.15) is 15.9 Å². The Kier molecular flexibility index (Phi) is 3.58. The molecule has 3 rings (SSSR count). The molecule has 112 valence electrons. The molecule has 0 atom stereocenters. The quantitative estimate of drug-likeness (QED) is 0.708. The predicted octanol–water partition coefficient (Wildman–Crippen LogP) is 4.66. The molecule has 1 heterocycles. The number of benzene rings is 2. The van der Waals surface area contributed by atoms with Gasteiger partial charge < -0.3 is 10.3 Å². The molecule has 0 saturated carbocycles. The van der Waals surface area contributed by atoms with Gasteiger partial charge in [-0.05, 0) is 42.8 Å². The number of H-pyrrole nitrogens is 1. The fourth-order valence-corrected chi connectivity index (χ4v) is 2.48. The lowest BCUT2D eigenvalue weighted by atomic mass is 10.1. The van der Waals surface area contributed by atoms with Gasteiger partial charge in [0, 0.05) is 17.1 Å². The van der Waals surface area contributed by atoms with Crippen molar-refractivity contribution < 1.29 is 13.6 Å². The number of amides is 1. The van der Waals surface area contributed by atoms with Gasteiger partial charge in [0.1, 0.15) is 11.6 Å². The summed E-state index contributed by atoms with van der Waals surface area (Å²) < 4.78 is 26.9. The first kappa shape index (κ1) is 14.5. The van der Waals surface area contributed by atoms with Crippen LogP contribution in [0.5, 0.6) is 0 Å². The summed E-state index contributed by atoms with van der Waals surface area (Å²) in [6.45, 7) is 1.58. The van der Waals surface area contributed by atoms with Crippen molar-refractivity contribution in [2.45, 2.75) is 6.92 Å².